The van der Waals surface area contributed by atoms with Crippen molar-refractivity contribution >= 4 is 32.2 Å². The van der Waals surface area contributed by atoms with Crippen LogP contribution in [0.3, 0.4) is 0 Å². The topological polar surface area (TPSA) is 120 Å². The molecule has 0 atom stereocenters. The van der Waals surface area contributed by atoms with Crippen molar-refractivity contribution in [3.8, 4) is 11.2 Å². The minimum absolute atomic E-state index is 0.0576. The number of imidazole rings is 1. The second-order valence-electron chi connectivity index (χ2n) is 7.29. The van der Waals surface area contributed by atoms with Gasteiger partial charge >= 0.3 is 5.69 Å². The van der Waals surface area contributed by atoms with Crippen molar-refractivity contribution in [1.82, 2.24) is 19.3 Å². The van der Waals surface area contributed by atoms with E-state index in [9.17, 15) is 27.3 Å². The number of fused-ring (bicyclic) bond motifs is 1. The van der Waals surface area contributed by atoms with Crippen LogP contribution in [0.1, 0.15) is 24.3 Å². The summed E-state index contributed by atoms with van der Waals surface area (Å²) in [5.74, 6) is -0.315. The molecule has 0 saturated heterocycles. The van der Waals surface area contributed by atoms with Crippen LogP contribution in [-0.2, 0) is 21.1 Å². The van der Waals surface area contributed by atoms with Gasteiger partial charge in [0.2, 0.25) is 5.13 Å². The van der Waals surface area contributed by atoms with Crippen LogP contribution in [0.15, 0.2) is 27.9 Å². The molecule has 9 nitrogen and oxygen atoms in total. The largest absolute Gasteiger partial charge is 0.383 e. The van der Waals surface area contributed by atoms with Gasteiger partial charge in [0.05, 0.1) is 46.3 Å². The van der Waals surface area contributed by atoms with Crippen molar-refractivity contribution in [3.05, 3.63) is 33.7 Å². The van der Waals surface area contributed by atoms with Crippen LogP contribution in [0.5, 0.6) is 0 Å². The molecule has 0 radical (unpaired) electrons. The quantitative estimate of drug-likeness (QED) is 0.496. The molecule has 0 amide bonds. The van der Waals surface area contributed by atoms with Gasteiger partial charge in [-0.05, 0) is 31.0 Å². The monoisotopic (exact) mass is 469 g/mol. The number of aromatic nitrogens is 4. The van der Waals surface area contributed by atoms with Gasteiger partial charge in [-0.25, -0.2) is 26.6 Å². The number of benzene rings is 1. The summed E-state index contributed by atoms with van der Waals surface area (Å²) in [6.07, 6.45) is -1.81. The maximum absolute atomic E-state index is 13.0. The Labute approximate surface area is 179 Å². The highest BCUT2D eigenvalue weighted by Crippen LogP contribution is 2.47. The van der Waals surface area contributed by atoms with E-state index in [2.05, 4.69) is 16.3 Å². The minimum atomic E-state index is -3.81. The van der Waals surface area contributed by atoms with Gasteiger partial charge in [-0.1, -0.05) is 11.3 Å². The molecule has 1 aliphatic carbocycles. The lowest BCUT2D eigenvalue weighted by atomic mass is 10.2. The van der Waals surface area contributed by atoms with Gasteiger partial charge in [0.15, 0.2) is 14.8 Å². The number of nitrogens with zero attached hydrogens (tertiary/aromatic N) is 5. The summed E-state index contributed by atoms with van der Waals surface area (Å²) in [4.78, 5) is 13.0. The van der Waals surface area contributed by atoms with Crippen LogP contribution in [0.25, 0.3) is 16.2 Å². The van der Waals surface area contributed by atoms with E-state index in [1.165, 1.54) is 29.9 Å². The summed E-state index contributed by atoms with van der Waals surface area (Å²) in [7, 11) is -2.34. The minimum Gasteiger partial charge on any atom is -0.383 e. The van der Waals surface area contributed by atoms with E-state index in [0.717, 1.165) is 4.57 Å². The average Bonchev–Trinajstić information content (AvgIpc) is 3.20. The molecule has 0 unspecified atom stereocenters. The van der Waals surface area contributed by atoms with Crippen molar-refractivity contribution < 1.29 is 21.9 Å². The highest BCUT2D eigenvalue weighted by Gasteiger charge is 2.47. The number of methoxy groups -OCH3 is 1. The summed E-state index contributed by atoms with van der Waals surface area (Å²) in [6, 6.07) is 6.23. The molecule has 4 rings (SSSR count). The van der Waals surface area contributed by atoms with Crippen molar-refractivity contribution in [2.75, 3.05) is 19.5 Å². The van der Waals surface area contributed by atoms with E-state index >= 15 is 0 Å². The maximum Gasteiger partial charge on any atom is 0.335 e. The first kappa shape index (κ1) is 21.5. The van der Waals surface area contributed by atoms with E-state index in [1.54, 1.807) is 0 Å². The Balaban J connectivity index is 1.88. The van der Waals surface area contributed by atoms with Gasteiger partial charge in [-0.3, -0.25) is 4.57 Å². The summed E-state index contributed by atoms with van der Waals surface area (Å²) in [5, 5.41) is 15.7. The Morgan fingerprint density at radius 2 is 2.06 bits per heavy atom. The third-order valence-corrected chi connectivity index (χ3v) is 7.96. The fourth-order valence-corrected chi connectivity index (χ4v) is 5.83. The summed E-state index contributed by atoms with van der Waals surface area (Å²) >= 11 is 0.551. The first-order valence-electron chi connectivity index (χ1n) is 9.21. The molecule has 0 spiro atoms. The van der Waals surface area contributed by atoms with Crippen LogP contribution in [-0.4, -0.2) is 47.2 Å². The number of alkyl halides is 2. The Morgan fingerprint density at radius 3 is 2.65 bits per heavy atom. The van der Waals surface area contributed by atoms with E-state index in [0.29, 0.717) is 29.7 Å². The van der Waals surface area contributed by atoms with E-state index in [-0.39, 0.29) is 34.4 Å². The lowest BCUT2D eigenvalue weighted by Gasteiger charge is -2.08. The first-order chi connectivity index (χ1) is 14.7. The van der Waals surface area contributed by atoms with Gasteiger partial charge < -0.3 is 4.74 Å². The third-order valence-electron chi connectivity index (χ3n) is 5.14. The van der Waals surface area contributed by atoms with E-state index in [1.807, 2.05) is 0 Å². The summed E-state index contributed by atoms with van der Waals surface area (Å²) in [6.45, 7) is 0.380. The van der Waals surface area contributed by atoms with Crippen LogP contribution < -0.4 is 5.69 Å². The Morgan fingerprint density at radius 1 is 1.32 bits per heavy atom. The number of hydrogen-bond acceptors (Lipinski definition) is 8. The molecular formula is C18H17F2N5O4S2. The number of halogens is 2. The predicted molar refractivity (Wildman–Crippen MR) is 107 cm³/mol. The lowest BCUT2D eigenvalue weighted by Crippen LogP contribution is -2.24. The maximum atomic E-state index is 13.0. The molecule has 2 aromatic heterocycles. The summed E-state index contributed by atoms with van der Waals surface area (Å²) < 4.78 is 59.3. The first-order valence-corrected chi connectivity index (χ1v) is 11.7. The lowest BCUT2D eigenvalue weighted by molar-refractivity contribution is 0.150. The summed E-state index contributed by atoms with van der Waals surface area (Å²) in [5.41, 5.74) is -0.852. The molecule has 1 aromatic carbocycles. The van der Waals surface area contributed by atoms with E-state index in [4.69, 9.17) is 4.74 Å². The highest BCUT2D eigenvalue weighted by molar-refractivity contribution is 7.91. The van der Waals surface area contributed by atoms with Gasteiger partial charge in [-0.2, -0.15) is 5.26 Å². The number of sulfone groups is 1. The molecule has 164 valence electrons. The van der Waals surface area contributed by atoms with E-state index < -0.39 is 32.4 Å². The van der Waals surface area contributed by atoms with Gasteiger partial charge in [-0.15, -0.1) is 10.2 Å². The van der Waals surface area contributed by atoms with Gasteiger partial charge in [0, 0.05) is 7.11 Å². The second-order valence-corrected chi connectivity index (χ2v) is 10.3. The molecule has 2 heterocycles. The number of nitriles is 1. The zero-order valence-electron chi connectivity index (χ0n) is 16.3. The fourth-order valence-electron chi connectivity index (χ4n) is 3.31. The number of ether oxygens (including phenoxy) is 1. The molecule has 1 aliphatic rings. The fraction of sp³-hybridized carbons (Fsp3) is 0.444. The van der Waals surface area contributed by atoms with Crippen LogP contribution in [0, 0.1) is 16.7 Å². The molecule has 1 saturated carbocycles. The zero-order valence-corrected chi connectivity index (χ0v) is 17.9. The molecule has 0 bridgehead atoms. The van der Waals surface area contributed by atoms with Crippen LogP contribution >= 0.6 is 11.3 Å². The Kier molecular flexibility index (Phi) is 5.40. The third kappa shape index (κ3) is 3.86. The zero-order chi connectivity index (χ0) is 22.4. The molecule has 1 fully saturated rings. The van der Waals surface area contributed by atoms with Crippen LogP contribution in [0.2, 0.25) is 0 Å². The van der Waals surface area contributed by atoms with Crippen molar-refractivity contribution in [2.24, 2.45) is 5.41 Å². The Hall–Kier alpha value is -2.69. The molecule has 0 aliphatic heterocycles. The standard InChI is InChI=1S/C18H17F2N5O4S2/c1-29-7-6-24-12-3-2-11(31(27,28)10-18(9-21)4-5-18)8-13(12)25(17(24)26)16-23-22-15(30-16)14(19)20/h2-3,8,14H,4-7,10H2,1H3. The average molecular weight is 469 g/mol. The van der Waals surface area contributed by atoms with Crippen molar-refractivity contribution in [3.63, 3.8) is 0 Å². The predicted octanol–water partition coefficient (Wildman–Crippen LogP) is 2.31. The Bertz CT molecular complexity index is 1350. The smallest absolute Gasteiger partial charge is 0.335 e. The van der Waals surface area contributed by atoms with Crippen molar-refractivity contribution in [2.45, 2.75) is 30.7 Å². The SMILES string of the molecule is COCCn1c(=O)n(-c2nnc(C(F)F)s2)c2cc(S(=O)(=O)CC3(C#N)CC3)ccc21. The highest BCUT2D eigenvalue weighted by atomic mass is 32.2. The molecule has 3 aromatic rings. The number of rotatable bonds is 8. The second kappa shape index (κ2) is 7.77. The molecule has 13 heteroatoms. The normalized spacial score (nSPS) is 15.5. The number of hydrogen-bond donors (Lipinski definition) is 0. The van der Waals surface area contributed by atoms with Gasteiger partial charge in [0.1, 0.15) is 0 Å². The molecule has 0 N–H and O–H groups in total. The molecular weight excluding hydrogens is 452 g/mol. The molecule has 31 heavy (non-hydrogen) atoms. The van der Waals surface area contributed by atoms with Crippen molar-refractivity contribution in [1.29, 1.82) is 5.26 Å². The van der Waals surface area contributed by atoms with Gasteiger partial charge in [0.25, 0.3) is 6.43 Å². The van der Waals surface area contributed by atoms with Crippen LogP contribution in [0.4, 0.5) is 8.78 Å².